The zero-order valence-electron chi connectivity index (χ0n) is 16.0. The lowest BCUT2D eigenvalue weighted by molar-refractivity contribution is -0.169. The fourth-order valence-electron chi connectivity index (χ4n) is 3.69. The van der Waals surface area contributed by atoms with Crippen LogP contribution in [0.3, 0.4) is 0 Å². The summed E-state index contributed by atoms with van der Waals surface area (Å²) in [5.74, 6) is 0.203. The summed E-state index contributed by atoms with van der Waals surface area (Å²) in [5.41, 5.74) is 1.62. The number of piperidine rings is 1. The molecule has 1 aromatic carbocycles. The van der Waals surface area contributed by atoms with Crippen molar-refractivity contribution in [3.63, 3.8) is 0 Å². The highest BCUT2D eigenvalue weighted by molar-refractivity contribution is 5.91. The largest absolute Gasteiger partial charge is 0.355 e. The Morgan fingerprint density at radius 2 is 1.82 bits per heavy atom. The standard InChI is InChI=1S/C21H26N4O3/c26-20(22-10-4-7-17-5-2-1-3-6-17)18-15-24-19(16-23-18)25-11-8-21(9-12-25)27-13-14-28-21/h1-3,5-6,15-16H,4,7-14H2,(H,22,26). The second-order valence-electron chi connectivity index (χ2n) is 7.20. The minimum Gasteiger partial charge on any atom is -0.355 e. The second-order valence-corrected chi connectivity index (χ2v) is 7.20. The van der Waals surface area contributed by atoms with Crippen molar-refractivity contribution in [2.75, 3.05) is 37.7 Å². The Morgan fingerprint density at radius 3 is 2.50 bits per heavy atom. The van der Waals surface area contributed by atoms with Crippen LogP contribution in [0.15, 0.2) is 42.7 Å². The molecule has 2 fully saturated rings. The number of hydrogen-bond acceptors (Lipinski definition) is 6. The first kappa shape index (κ1) is 18.8. The Hall–Kier alpha value is -2.51. The third-order valence-electron chi connectivity index (χ3n) is 5.30. The maximum absolute atomic E-state index is 12.3. The topological polar surface area (TPSA) is 76.6 Å². The highest BCUT2D eigenvalue weighted by Gasteiger charge is 2.40. The number of benzene rings is 1. The van der Waals surface area contributed by atoms with E-state index in [1.54, 1.807) is 12.4 Å². The van der Waals surface area contributed by atoms with E-state index in [1.165, 1.54) is 5.56 Å². The number of carbonyl (C=O) groups is 1. The second kappa shape index (κ2) is 8.67. The van der Waals surface area contributed by atoms with E-state index >= 15 is 0 Å². The van der Waals surface area contributed by atoms with Gasteiger partial charge in [0, 0.05) is 32.5 Å². The summed E-state index contributed by atoms with van der Waals surface area (Å²) >= 11 is 0. The average molecular weight is 382 g/mol. The molecule has 1 spiro atoms. The van der Waals surface area contributed by atoms with Gasteiger partial charge in [-0.2, -0.15) is 0 Å². The quantitative estimate of drug-likeness (QED) is 0.772. The summed E-state index contributed by atoms with van der Waals surface area (Å²) in [5, 5.41) is 2.91. The molecule has 0 saturated carbocycles. The van der Waals surface area contributed by atoms with Crippen LogP contribution >= 0.6 is 0 Å². The first-order valence-corrected chi connectivity index (χ1v) is 9.91. The van der Waals surface area contributed by atoms with Gasteiger partial charge in [0.25, 0.3) is 5.91 Å². The molecule has 148 valence electrons. The Kier molecular flexibility index (Phi) is 5.83. The van der Waals surface area contributed by atoms with E-state index in [-0.39, 0.29) is 5.91 Å². The van der Waals surface area contributed by atoms with Crippen molar-refractivity contribution >= 4 is 11.7 Å². The fraction of sp³-hybridized carbons (Fsp3) is 0.476. The number of aromatic nitrogens is 2. The molecule has 2 aliphatic rings. The zero-order chi connectivity index (χ0) is 19.2. The summed E-state index contributed by atoms with van der Waals surface area (Å²) in [6, 6.07) is 10.3. The summed E-state index contributed by atoms with van der Waals surface area (Å²) < 4.78 is 11.5. The summed E-state index contributed by atoms with van der Waals surface area (Å²) in [6.07, 6.45) is 6.69. The van der Waals surface area contributed by atoms with Crippen LogP contribution in [0, 0.1) is 0 Å². The van der Waals surface area contributed by atoms with E-state index in [9.17, 15) is 4.79 Å². The highest BCUT2D eigenvalue weighted by atomic mass is 16.7. The third kappa shape index (κ3) is 4.48. The number of hydrogen-bond donors (Lipinski definition) is 1. The van der Waals surface area contributed by atoms with E-state index in [2.05, 4.69) is 32.3 Å². The first-order chi connectivity index (χ1) is 13.7. The predicted molar refractivity (Wildman–Crippen MR) is 105 cm³/mol. The maximum Gasteiger partial charge on any atom is 0.271 e. The van der Waals surface area contributed by atoms with Gasteiger partial charge in [-0.15, -0.1) is 0 Å². The minimum absolute atomic E-state index is 0.183. The predicted octanol–water partition coefficient (Wildman–Crippen LogP) is 2.18. The molecule has 28 heavy (non-hydrogen) atoms. The Balaban J connectivity index is 1.23. The molecule has 0 aliphatic carbocycles. The lowest BCUT2D eigenvalue weighted by Crippen LogP contribution is -2.45. The van der Waals surface area contributed by atoms with E-state index in [1.807, 2.05) is 18.2 Å². The normalized spacial score (nSPS) is 18.4. The molecule has 2 aliphatic heterocycles. The van der Waals surface area contributed by atoms with Gasteiger partial charge in [-0.3, -0.25) is 4.79 Å². The van der Waals surface area contributed by atoms with Gasteiger partial charge >= 0.3 is 0 Å². The monoisotopic (exact) mass is 382 g/mol. The number of nitrogens with one attached hydrogen (secondary N) is 1. The summed E-state index contributed by atoms with van der Waals surface area (Å²) in [4.78, 5) is 23.1. The van der Waals surface area contributed by atoms with Crippen LogP contribution in [0.1, 0.15) is 35.3 Å². The van der Waals surface area contributed by atoms with Gasteiger partial charge in [0.05, 0.1) is 25.6 Å². The molecule has 3 heterocycles. The number of carbonyl (C=O) groups excluding carboxylic acids is 1. The van der Waals surface area contributed by atoms with Gasteiger partial charge < -0.3 is 19.7 Å². The number of amides is 1. The van der Waals surface area contributed by atoms with Crippen molar-refractivity contribution in [3.8, 4) is 0 Å². The van der Waals surface area contributed by atoms with Crippen molar-refractivity contribution < 1.29 is 14.3 Å². The van der Waals surface area contributed by atoms with Crippen LogP contribution in [0.25, 0.3) is 0 Å². The minimum atomic E-state index is -0.399. The number of nitrogens with zero attached hydrogens (tertiary/aromatic N) is 3. The molecule has 2 saturated heterocycles. The van der Waals surface area contributed by atoms with Gasteiger partial charge in [0.15, 0.2) is 5.79 Å². The molecule has 1 N–H and O–H groups in total. The zero-order valence-corrected chi connectivity index (χ0v) is 16.0. The Labute approximate surface area is 165 Å². The highest BCUT2D eigenvalue weighted by Crippen LogP contribution is 2.32. The van der Waals surface area contributed by atoms with Crippen LogP contribution in [0.2, 0.25) is 0 Å². The van der Waals surface area contributed by atoms with Gasteiger partial charge in [-0.1, -0.05) is 30.3 Å². The average Bonchev–Trinajstić information content (AvgIpc) is 3.20. The van der Waals surface area contributed by atoms with Crippen LogP contribution in [0.5, 0.6) is 0 Å². The molecule has 4 rings (SSSR count). The van der Waals surface area contributed by atoms with Crippen LogP contribution in [-0.2, 0) is 15.9 Å². The van der Waals surface area contributed by atoms with E-state index < -0.39 is 5.79 Å². The lowest BCUT2D eigenvalue weighted by atomic mass is 10.0. The Morgan fingerprint density at radius 1 is 1.07 bits per heavy atom. The molecule has 0 atom stereocenters. The van der Waals surface area contributed by atoms with Crippen LogP contribution in [0.4, 0.5) is 5.82 Å². The van der Waals surface area contributed by atoms with Gasteiger partial charge in [-0.25, -0.2) is 9.97 Å². The number of aryl methyl sites for hydroxylation is 1. The van der Waals surface area contributed by atoms with E-state index in [4.69, 9.17) is 9.47 Å². The fourth-order valence-corrected chi connectivity index (χ4v) is 3.69. The third-order valence-corrected chi connectivity index (χ3v) is 5.30. The molecular weight excluding hydrogens is 356 g/mol. The van der Waals surface area contributed by atoms with Gasteiger partial charge in [-0.05, 0) is 18.4 Å². The molecule has 1 aromatic heterocycles. The molecule has 1 amide bonds. The number of ether oxygens (including phenoxy) is 2. The maximum atomic E-state index is 12.3. The lowest BCUT2D eigenvalue weighted by Gasteiger charge is -2.37. The van der Waals surface area contributed by atoms with Crippen LogP contribution < -0.4 is 10.2 Å². The molecule has 0 unspecified atom stereocenters. The van der Waals surface area contributed by atoms with Gasteiger partial charge in [0.1, 0.15) is 11.5 Å². The van der Waals surface area contributed by atoms with Crippen molar-refractivity contribution in [1.82, 2.24) is 15.3 Å². The molecule has 2 aromatic rings. The molecule has 7 nitrogen and oxygen atoms in total. The molecule has 7 heteroatoms. The van der Waals surface area contributed by atoms with Gasteiger partial charge in [0.2, 0.25) is 0 Å². The molecule has 0 bridgehead atoms. The summed E-state index contributed by atoms with van der Waals surface area (Å²) in [7, 11) is 0. The van der Waals surface area contributed by atoms with Crippen molar-refractivity contribution in [1.29, 1.82) is 0 Å². The summed E-state index contributed by atoms with van der Waals surface area (Å²) in [6.45, 7) is 3.58. The number of rotatable bonds is 6. The van der Waals surface area contributed by atoms with Crippen molar-refractivity contribution in [3.05, 3.63) is 54.0 Å². The SMILES string of the molecule is O=C(NCCCc1ccccc1)c1cnc(N2CCC3(CC2)OCCO3)cn1. The smallest absolute Gasteiger partial charge is 0.271 e. The van der Waals surface area contributed by atoms with E-state index in [0.29, 0.717) is 25.5 Å². The van der Waals surface area contributed by atoms with Crippen molar-refractivity contribution in [2.24, 2.45) is 0 Å². The first-order valence-electron chi connectivity index (χ1n) is 9.91. The molecular formula is C21H26N4O3. The van der Waals surface area contributed by atoms with E-state index in [0.717, 1.165) is 44.6 Å². The van der Waals surface area contributed by atoms with Crippen molar-refractivity contribution in [2.45, 2.75) is 31.5 Å². The van der Waals surface area contributed by atoms with Crippen LogP contribution in [-0.4, -0.2) is 54.5 Å². The Bertz CT molecular complexity index is 766. The molecule has 0 radical (unpaired) electrons. The number of anilines is 1.